The zero-order valence-electron chi connectivity index (χ0n) is 9.87. The molecule has 0 bridgehead atoms. The molecule has 1 aromatic carbocycles. The number of carbonyl (C=O) groups is 1. The number of hydrogen-bond donors (Lipinski definition) is 1. The number of rotatable bonds is 3. The van der Waals surface area contributed by atoms with Gasteiger partial charge >= 0.3 is 6.18 Å². The van der Waals surface area contributed by atoms with E-state index in [9.17, 15) is 18.0 Å². The van der Waals surface area contributed by atoms with Crippen LogP contribution in [-0.2, 0) is 0 Å². The highest BCUT2D eigenvalue weighted by Crippen LogP contribution is 2.23. The van der Waals surface area contributed by atoms with Gasteiger partial charge in [0.05, 0.1) is 0 Å². The minimum absolute atomic E-state index is 0.232. The van der Waals surface area contributed by atoms with Crippen LogP contribution < -0.4 is 5.32 Å². The second kappa shape index (κ2) is 5.54. The van der Waals surface area contributed by atoms with Gasteiger partial charge in [-0.1, -0.05) is 28.9 Å². The Morgan fingerprint density at radius 1 is 1.35 bits per heavy atom. The molecular formula is C12H8ClF3N2O2. The second-order valence-electron chi connectivity index (χ2n) is 3.88. The molecule has 2 rings (SSSR count). The van der Waals surface area contributed by atoms with Crippen LogP contribution in [0.4, 0.5) is 13.2 Å². The molecule has 2 aromatic rings. The molecule has 4 nitrogen and oxygen atoms in total. The van der Waals surface area contributed by atoms with Crippen LogP contribution in [-0.4, -0.2) is 23.8 Å². The minimum atomic E-state index is -4.48. The summed E-state index contributed by atoms with van der Waals surface area (Å²) in [4.78, 5) is 11.4. The molecule has 0 radical (unpaired) electrons. The molecular weight excluding hydrogens is 297 g/mol. The first-order valence-electron chi connectivity index (χ1n) is 5.43. The number of hydrogen-bond acceptors (Lipinski definition) is 3. The second-order valence-corrected chi connectivity index (χ2v) is 4.32. The third kappa shape index (κ3) is 3.74. The molecule has 0 spiro atoms. The van der Waals surface area contributed by atoms with Gasteiger partial charge in [0.1, 0.15) is 6.54 Å². The highest BCUT2D eigenvalue weighted by molar-refractivity contribution is 6.30. The van der Waals surface area contributed by atoms with Gasteiger partial charge in [0.15, 0.2) is 11.5 Å². The molecule has 106 valence electrons. The summed E-state index contributed by atoms with van der Waals surface area (Å²) >= 11 is 5.80. The molecule has 1 aromatic heterocycles. The van der Waals surface area contributed by atoms with Crippen LogP contribution in [0.3, 0.4) is 0 Å². The van der Waals surface area contributed by atoms with Crippen molar-refractivity contribution in [1.82, 2.24) is 10.5 Å². The maximum absolute atomic E-state index is 12.0. The zero-order chi connectivity index (χ0) is 14.8. The van der Waals surface area contributed by atoms with Crippen molar-refractivity contribution in [2.75, 3.05) is 6.54 Å². The van der Waals surface area contributed by atoms with E-state index in [1.54, 1.807) is 29.6 Å². The Morgan fingerprint density at radius 3 is 2.75 bits per heavy atom. The molecule has 0 unspecified atom stereocenters. The molecule has 20 heavy (non-hydrogen) atoms. The molecule has 0 saturated heterocycles. The lowest BCUT2D eigenvalue weighted by Gasteiger charge is -2.05. The molecule has 0 saturated carbocycles. The third-order valence-corrected chi connectivity index (χ3v) is 2.54. The molecule has 0 fully saturated rings. The largest absolute Gasteiger partial charge is 0.405 e. The zero-order valence-corrected chi connectivity index (χ0v) is 10.6. The maximum Gasteiger partial charge on any atom is 0.405 e. The van der Waals surface area contributed by atoms with Gasteiger partial charge in [-0.2, -0.15) is 13.2 Å². The van der Waals surface area contributed by atoms with Gasteiger partial charge in [-0.25, -0.2) is 0 Å². The van der Waals surface area contributed by atoms with Crippen molar-refractivity contribution < 1.29 is 22.5 Å². The van der Waals surface area contributed by atoms with Crippen molar-refractivity contribution in [2.24, 2.45) is 0 Å². The molecule has 1 N–H and O–H groups in total. The first-order chi connectivity index (χ1) is 9.35. The average Bonchev–Trinajstić information content (AvgIpc) is 2.84. The van der Waals surface area contributed by atoms with Crippen molar-refractivity contribution in [2.45, 2.75) is 6.18 Å². The number of amides is 1. The Hall–Kier alpha value is -2.02. The van der Waals surface area contributed by atoms with Gasteiger partial charge in [-0.15, -0.1) is 0 Å². The highest BCUT2D eigenvalue weighted by Gasteiger charge is 2.28. The summed E-state index contributed by atoms with van der Waals surface area (Å²) in [6, 6.07) is 7.82. The van der Waals surface area contributed by atoms with Gasteiger partial charge < -0.3 is 9.84 Å². The lowest BCUT2D eigenvalue weighted by Crippen LogP contribution is -2.33. The Labute approximate surface area is 116 Å². The van der Waals surface area contributed by atoms with Crippen molar-refractivity contribution in [3.8, 4) is 11.3 Å². The molecule has 0 aliphatic carbocycles. The van der Waals surface area contributed by atoms with Gasteiger partial charge in [-0.05, 0) is 12.1 Å². The number of nitrogens with one attached hydrogen (secondary N) is 1. The average molecular weight is 305 g/mol. The predicted molar refractivity (Wildman–Crippen MR) is 65.3 cm³/mol. The van der Waals surface area contributed by atoms with Gasteiger partial charge in [-0.3, -0.25) is 4.79 Å². The fourth-order valence-corrected chi connectivity index (χ4v) is 1.62. The summed E-state index contributed by atoms with van der Waals surface area (Å²) in [5.74, 6) is -0.719. The van der Waals surface area contributed by atoms with E-state index in [0.717, 1.165) is 0 Å². The summed E-state index contributed by atoms with van der Waals surface area (Å²) in [5, 5.41) is 5.59. The summed E-state index contributed by atoms with van der Waals surface area (Å²) in [6.45, 7) is -1.43. The van der Waals surface area contributed by atoms with E-state index >= 15 is 0 Å². The summed E-state index contributed by atoms with van der Waals surface area (Å²) in [7, 11) is 0. The number of benzene rings is 1. The topological polar surface area (TPSA) is 55.1 Å². The number of nitrogens with zero attached hydrogens (tertiary/aromatic N) is 1. The van der Waals surface area contributed by atoms with E-state index in [1.807, 2.05) is 0 Å². The van der Waals surface area contributed by atoms with Crippen molar-refractivity contribution in [3.63, 3.8) is 0 Å². The van der Waals surface area contributed by atoms with Gasteiger partial charge in [0, 0.05) is 16.7 Å². The Kier molecular flexibility index (Phi) is 3.99. The number of alkyl halides is 3. The van der Waals surface area contributed by atoms with Crippen molar-refractivity contribution in [1.29, 1.82) is 0 Å². The molecule has 0 aliphatic rings. The molecule has 8 heteroatoms. The number of halogens is 4. The highest BCUT2D eigenvalue weighted by atomic mass is 35.5. The molecule has 0 aliphatic heterocycles. The fraction of sp³-hybridized carbons (Fsp3) is 0.167. The van der Waals surface area contributed by atoms with Crippen LogP contribution in [0.1, 0.15) is 10.5 Å². The Balaban J connectivity index is 2.11. The maximum atomic E-state index is 12.0. The monoisotopic (exact) mass is 304 g/mol. The van der Waals surface area contributed by atoms with Crippen molar-refractivity contribution >= 4 is 17.5 Å². The Morgan fingerprint density at radius 2 is 2.10 bits per heavy atom. The van der Waals surface area contributed by atoms with E-state index in [2.05, 4.69) is 5.16 Å². The van der Waals surface area contributed by atoms with E-state index in [1.165, 1.54) is 6.07 Å². The lowest BCUT2D eigenvalue weighted by molar-refractivity contribution is -0.123. The van der Waals surface area contributed by atoms with Crippen LogP contribution in [0.5, 0.6) is 0 Å². The van der Waals surface area contributed by atoms with Crippen LogP contribution in [0, 0.1) is 0 Å². The molecule has 1 heterocycles. The van der Waals surface area contributed by atoms with Crippen LogP contribution in [0.25, 0.3) is 11.3 Å². The SMILES string of the molecule is O=C(NCC(F)(F)F)c1cc(-c2cccc(Cl)c2)on1. The van der Waals surface area contributed by atoms with Crippen LogP contribution in [0.15, 0.2) is 34.9 Å². The third-order valence-electron chi connectivity index (χ3n) is 2.30. The summed E-state index contributed by atoms with van der Waals surface area (Å²) in [6.07, 6.45) is -4.48. The lowest BCUT2D eigenvalue weighted by atomic mass is 10.1. The summed E-state index contributed by atoms with van der Waals surface area (Å²) in [5.41, 5.74) is 0.337. The summed E-state index contributed by atoms with van der Waals surface area (Å²) < 4.78 is 40.8. The number of aromatic nitrogens is 1. The molecule has 1 amide bonds. The standard InChI is InChI=1S/C12H8ClF3N2O2/c13-8-3-1-2-7(4-8)10-5-9(18-20-10)11(19)17-6-12(14,15)16/h1-5H,6H2,(H,17,19). The van der Waals surface area contributed by atoms with E-state index < -0.39 is 18.6 Å². The van der Waals surface area contributed by atoms with E-state index in [-0.39, 0.29) is 11.5 Å². The van der Waals surface area contributed by atoms with E-state index in [0.29, 0.717) is 10.6 Å². The predicted octanol–water partition coefficient (Wildman–Crippen LogP) is 3.29. The fourth-order valence-electron chi connectivity index (χ4n) is 1.43. The molecule has 0 atom stereocenters. The van der Waals surface area contributed by atoms with Crippen LogP contribution >= 0.6 is 11.6 Å². The van der Waals surface area contributed by atoms with Gasteiger partial charge in [0.25, 0.3) is 5.91 Å². The Bertz CT molecular complexity index is 625. The van der Waals surface area contributed by atoms with E-state index in [4.69, 9.17) is 16.1 Å². The first kappa shape index (κ1) is 14.4. The normalized spacial score (nSPS) is 11.4. The van der Waals surface area contributed by atoms with Crippen LogP contribution in [0.2, 0.25) is 5.02 Å². The minimum Gasteiger partial charge on any atom is -0.355 e. The first-order valence-corrected chi connectivity index (χ1v) is 5.80. The van der Waals surface area contributed by atoms with Gasteiger partial charge in [0.2, 0.25) is 0 Å². The smallest absolute Gasteiger partial charge is 0.355 e. The quantitative estimate of drug-likeness (QED) is 0.946. The number of carbonyl (C=O) groups excluding carboxylic acids is 1. The van der Waals surface area contributed by atoms with Crippen molar-refractivity contribution in [3.05, 3.63) is 41.0 Å².